The Hall–Kier alpha value is -1.92. The first-order valence-electron chi connectivity index (χ1n) is 7.13. The largest absolute Gasteiger partial charge is 0.394 e. The van der Waals surface area contributed by atoms with E-state index in [1.807, 2.05) is 6.92 Å². The summed E-state index contributed by atoms with van der Waals surface area (Å²) >= 11 is 5.94. The highest BCUT2D eigenvalue weighted by molar-refractivity contribution is 6.30. The minimum Gasteiger partial charge on any atom is -0.394 e. The Morgan fingerprint density at radius 3 is 2.95 bits per heavy atom. The SMILES string of the molecule is CC(CO)(NC(=O)c1cnn(-c2cccc(Cl)c2)n1)C1CC1. The Labute approximate surface area is 133 Å². The van der Waals surface area contributed by atoms with Crippen LogP contribution in [0.15, 0.2) is 30.5 Å². The molecule has 1 amide bonds. The second-order valence-corrected chi connectivity index (χ2v) is 6.24. The normalized spacial score (nSPS) is 17.0. The summed E-state index contributed by atoms with van der Waals surface area (Å²) < 4.78 is 0. The molecule has 22 heavy (non-hydrogen) atoms. The maximum atomic E-state index is 12.3. The lowest BCUT2D eigenvalue weighted by molar-refractivity contribution is 0.0819. The standard InChI is InChI=1S/C15H17ClN4O2/c1-15(9-21,10-5-6-10)18-14(22)13-8-17-20(19-13)12-4-2-3-11(16)7-12/h2-4,7-8,10,21H,5-6,9H2,1H3,(H,18,22). The van der Waals surface area contributed by atoms with Crippen molar-refractivity contribution >= 4 is 17.5 Å². The van der Waals surface area contributed by atoms with Gasteiger partial charge in [-0.2, -0.15) is 9.90 Å². The van der Waals surface area contributed by atoms with Crippen LogP contribution in [0.25, 0.3) is 5.69 Å². The van der Waals surface area contributed by atoms with Crippen molar-refractivity contribution in [3.63, 3.8) is 0 Å². The second kappa shape index (κ2) is 5.70. The molecule has 1 aromatic carbocycles. The summed E-state index contributed by atoms with van der Waals surface area (Å²) in [6, 6.07) is 7.06. The van der Waals surface area contributed by atoms with E-state index in [9.17, 15) is 9.90 Å². The molecule has 1 saturated carbocycles. The molecule has 1 fully saturated rings. The summed E-state index contributed by atoms with van der Waals surface area (Å²) in [7, 11) is 0. The van der Waals surface area contributed by atoms with E-state index in [1.165, 1.54) is 11.0 Å². The fourth-order valence-corrected chi connectivity index (χ4v) is 2.59. The first kappa shape index (κ1) is 15.0. The molecular weight excluding hydrogens is 304 g/mol. The summed E-state index contributed by atoms with van der Waals surface area (Å²) in [6.45, 7) is 1.76. The third-order valence-electron chi connectivity index (χ3n) is 3.97. The van der Waals surface area contributed by atoms with Crippen molar-refractivity contribution in [2.45, 2.75) is 25.3 Å². The first-order valence-corrected chi connectivity index (χ1v) is 7.51. The van der Waals surface area contributed by atoms with Gasteiger partial charge in [0.25, 0.3) is 5.91 Å². The Morgan fingerprint density at radius 2 is 2.32 bits per heavy atom. The van der Waals surface area contributed by atoms with Crippen molar-refractivity contribution in [3.05, 3.63) is 41.2 Å². The van der Waals surface area contributed by atoms with Crippen molar-refractivity contribution in [1.82, 2.24) is 20.3 Å². The second-order valence-electron chi connectivity index (χ2n) is 5.80. The zero-order valence-electron chi connectivity index (χ0n) is 12.2. The number of benzene rings is 1. The average molecular weight is 321 g/mol. The molecule has 1 aliphatic rings. The smallest absolute Gasteiger partial charge is 0.273 e. The van der Waals surface area contributed by atoms with Crippen molar-refractivity contribution in [1.29, 1.82) is 0 Å². The number of hydrogen-bond acceptors (Lipinski definition) is 4. The molecule has 1 aromatic heterocycles. The Morgan fingerprint density at radius 1 is 1.55 bits per heavy atom. The molecule has 7 heteroatoms. The zero-order valence-corrected chi connectivity index (χ0v) is 12.9. The molecule has 1 heterocycles. The van der Waals surface area contributed by atoms with Crippen molar-refractivity contribution in [3.8, 4) is 5.69 Å². The van der Waals surface area contributed by atoms with Crippen LogP contribution >= 0.6 is 11.6 Å². The van der Waals surface area contributed by atoms with Gasteiger partial charge in [0.15, 0.2) is 5.69 Å². The molecule has 6 nitrogen and oxygen atoms in total. The number of rotatable bonds is 5. The number of nitrogens with one attached hydrogen (secondary N) is 1. The van der Waals surface area contributed by atoms with Crippen LogP contribution in [-0.2, 0) is 0 Å². The van der Waals surface area contributed by atoms with Gasteiger partial charge in [-0.25, -0.2) is 0 Å². The van der Waals surface area contributed by atoms with Gasteiger partial charge in [0.1, 0.15) is 0 Å². The first-order chi connectivity index (χ1) is 10.5. The average Bonchev–Trinajstić information content (AvgIpc) is 3.25. The van der Waals surface area contributed by atoms with Gasteiger partial charge in [-0.3, -0.25) is 4.79 Å². The Bertz CT molecular complexity index is 698. The van der Waals surface area contributed by atoms with Crippen LogP contribution in [0.2, 0.25) is 5.02 Å². The molecule has 0 saturated heterocycles. The number of halogens is 1. The predicted molar refractivity (Wildman–Crippen MR) is 82.1 cm³/mol. The van der Waals surface area contributed by atoms with Crippen LogP contribution in [0.4, 0.5) is 0 Å². The van der Waals surface area contributed by atoms with E-state index in [2.05, 4.69) is 15.5 Å². The summed E-state index contributed by atoms with van der Waals surface area (Å²) in [5.74, 6) is -0.0128. The highest BCUT2D eigenvalue weighted by Crippen LogP contribution is 2.39. The van der Waals surface area contributed by atoms with Gasteiger partial charge >= 0.3 is 0 Å². The topological polar surface area (TPSA) is 80.0 Å². The van der Waals surface area contributed by atoms with E-state index in [0.717, 1.165) is 12.8 Å². The molecule has 2 N–H and O–H groups in total. The fraction of sp³-hybridized carbons (Fsp3) is 0.400. The third kappa shape index (κ3) is 2.98. The zero-order chi connectivity index (χ0) is 15.7. The minimum atomic E-state index is -0.600. The lowest BCUT2D eigenvalue weighted by Crippen LogP contribution is -2.50. The van der Waals surface area contributed by atoms with Crippen molar-refractivity contribution in [2.75, 3.05) is 6.61 Å². The monoisotopic (exact) mass is 320 g/mol. The van der Waals surface area contributed by atoms with Crippen LogP contribution in [-0.4, -0.2) is 38.2 Å². The van der Waals surface area contributed by atoms with E-state index < -0.39 is 5.54 Å². The number of aromatic nitrogens is 3. The van der Waals surface area contributed by atoms with Crippen molar-refractivity contribution in [2.24, 2.45) is 5.92 Å². The van der Waals surface area contributed by atoms with E-state index >= 15 is 0 Å². The van der Waals surface area contributed by atoms with Crippen LogP contribution in [0, 0.1) is 5.92 Å². The number of hydrogen-bond donors (Lipinski definition) is 2. The number of carbonyl (C=O) groups excluding carboxylic acids is 1. The molecule has 0 aliphatic heterocycles. The molecule has 3 rings (SSSR count). The molecule has 1 aliphatic carbocycles. The lowest BCUT2D eigenvalue weighted by atomic mass is 9.97. The molecule has 0 spiro atoms. The molecular formula is C15H17ClN4O2. The highest BCUT2D eigenvalue weighted by Gasteiger charge is 2.42. The van der Waals surface area contributed by atoms with Crippen LogP contribution in [0.5, 0.6) is 0 Å². The van der Waals surface area contributed by atoms with E-state index in [1.54, 1.807) is 24.3 Å². The number of amides is 1. The molecule has 116 valence electrons. The van der Waals surface area contributed by atoms with E-state index in [0.29, 0.717) is 16.6 Å². The number of aliphatic hydroxyl groups excluding tert-OH is 1. The molecule has 0 bridgehead atoms. The molecule has 1 unspecified atom stereocenters. The van der Waals surface area contributed by atoms with E-state index in [4.69, 9.17) is 11.6 Å². The van der Waals surface area contributed by atoms with Gasteiger partial charge in [0, 0.05) is 5.02 Å². The number of carbonyl (C=O) groups is 1. The lowest BCUT2D eigenvalue weighted by Gasteiger charge is -2.28. The van der Waals surface area contributed by atoms with Gasteiger partial charge in [0.2, 0.25) is 0 Å². The summed E-state index contributed by atoms with van der Waals surface area (Å²) in [4.78, 5) is 13.7. The van der Waals surface area contributed by atoms with Crippen molar-refractivity contribution < 1.29 is 9.90 Å². The number of aliphatic hydroxyl groups is 1. The van der Waals surface area contributed by atoms with E-state index in [-0.39, 0.29) is 18.2 Å². The number of nitrogens with zero attached hydrogens (tertiary/aromatic N) is 3. The van der Waals surface area contributed by atoms with Gasteiger partial charge in [0.05, 0.1) is 24.0 Å². The van der Waals surface area contributed by atoms with Gasteiger partial charge in [-0.15, -0.1) is 5.10 Å². The van der Waals surface area contributed by atoms with Gasteiger partial charge < -0.3 is 10.4 Å². The van der Waals surface area contributed by atoms with Gasteiger partial charge in [-0.05, 0) is 43.9 Å². The van der Waals surface area contributed by atoms with Crippen LogP contribution < -0.4 is 5.32 Å². The Kier molecular flexibility index (Phi) is 3.88. The predicted octanol–water partition coefficient (Wildman–Crippen LogP) is 1.81. The summed E-state index contributed by atoms with van der Waals surface area (Å²) in [5.41, 5.74) is 0.288. The maximum absolute atomic E-state index is 12.3. The summed E-state index contributed by atoms with van der Waals surface area (Å²) in [5, 5.41) is 21.2. The molecule has 2 aromatic rings. The van der Waals surface area contributed by atoms with Gasteiger partial charge in [-0.1, -0.05) is 17.7 Å². The third-order valence-corrected chi connectivity index (χ3v) is 4.20. The highest BCUT2D eigenvalue weighted by atomic mass is 35.5. The Balaban J connectivity index is 1.77. The quantitative estimate of drug-likeness (QED) is 0.880. The molecule has 0 radical (unpaired) electrons. The van der Waals surface area contributed by atoms with Crippen LogP contribution in [0.1, 0.15) is 30.3 Å². The van der Waals surface area contributed by atoms with Crippen LogP contribution in [0.3, 0.4) is 0 Å². The minimum absolute atomic E-state index is 0.0914. The fourth-order valence-electron chi connectivity index (χ4n) is 2.41. The maximum Gasteiger partial charge on any atom is 0.273 e. The summed E-state index contributed by atoms with van der Waals surface area (Å²) in [6.07, 6.45) is 3.44. The molecule has 1 atom stereocenters.